The van der Waals surface area contributed by atoms with Gasteiger partial charge in [-0.3, -0.25) is 4.79 Å². The van der Waals surface area contributed by atoms with E-state index in [2.05, 4.69) is 20.9 Å². The lowest BCUT2D eigenvalue weighted by atomic mass is 10.2. The van der Waals surface area contributed by atoms with Crippen molar-refractivity contribution in [3.05, 3.63) is 18.3 Å². The van der Waals surface area contributed by atoms with Gasteiger partial charge in [-0.15, -0.1) is 0 Å². The van der Waals surface area contributed by atoms with Crippen molar-refractivity contribution in [3.63, 3.8) is 0 Å². The molecule has 2 N–H and O–H groups in total. The molecule has 2 rings (SSSR count). The van der Waals surface area contributed by atoms with Gasteiger partial charge < -0.3 is 10.6 Å². The fraction of sp³-hybridized carbons (Fsp3) is 0.400. The van der Waals surface area contributed by atoms with E-state index in [1.165, 1.54) is 0 Å². The predicted molar refractivity (Wildman–Crippen MR) is 62.9 cm³/mol. The first kappa shape index (κ1) is 10.4. The van der Waals surface area contributed by atoms with E-state index in [-0.39, 0.29) is 5.91 Å². The van der Waals surface area contributed by atoms with Gasteiger partial charge in [-0.2, -0.15) is 0 Å². The minimum absolute atomic E-state index is 0.124. The second kappa shape index (κ2) is 4.18. The van der Waals surface area contributed by atoms with Gasteiger partial charge in [0.15, 0.2) is 0 Å². The number of hydrogen-bond acceptors (Lipinski definition) is 3. The molecule has 0 aromatic carbocycles. The molecule has 0 saturated carbocycles. The van der Waals surface area contributed by atoms with Crippen LogP contribution < -0.4 is 10.6 Å². The zero-order valence-electron chi connectivity index (χ0n) is 8.19. The summed E-state index contributed by atoms with van der Waals surface area (Å²) in [6.07, 6.45) is 2.21. The van der Waals surface area contributed by atoms with Crippen molar-refractivity contribution in [3.8, 4) is 0 Å². The van der Waals surface area contributed by atoms with E-state index in [0.717, 1.165) is 17.6 Å². The number of amides is 1. The third-order valence-electron chi connectivity index (χ3n) is 2.53. The van der Waals surface area contributed by atoms with Crippen molar-refractivity contribution in [2.75, 3.05) is 22.5 Å². The van der Waals surface area contributed by atoms with E-state index in [0.29, 0.717) is 18.2 Å². The third-order valence-corrected chi connectivity index (χ3v) is 3.45. The maximum absolute atomic E-state index is 11.7. The lowest BCUT2D eigenvalue weighted by molar-refractivity contribution is -0.117. The molecule has 1 fully saturated rings. The Hall–Kier alpha value is -1.10. The Labute approximate surface area is 96.6 Å². The number of nitrogens with zero attached hydrogens (tertiary/aromatic N) is 2. The first-order valence-corrected chi connectivity index (χ1v) is 5.91. The highest BCUT2D eigenvalue weighted by atomic mass is 79.9. The number of nitrogen functional groups attached to an aromatic ring is 1. The van der Waals surface area contributed by atoms with Gasteiger partial charge in [0.1, 0.15) is 5.82 Å². The summed E-state index contributed by atoms with van der Waals surface area (Å²) in [6.45, 7) is 0.722. The van der Waals surface area contributed by atoms with Gasteiger partial charge in [0.2, 0.25) is 5.91 Å². The lowest BCUT2D eigenvalue weighted by Crippen LogP contribution is -2.25. The number of rotatable bonds is 2. The van der Waals surface area contributed by atoms with Gasteiger partial charge >= 0.3 is 0 Å². The average molecular weight is 270 g/mol. The summed E-state index contributed by atoms with van der Waals surface area (Å²) in [5, 5.41) is 0.843. The van der Waals surface area contributed by atoms with Crippen molar-refractivity contribution < 1.29 is 4.79 Å². The zero-order chi connectivity index (χ0) is 10.8. The summed E-state index contributed by atoms with van der Waals surface area (Å²) >= 11 is 3.40. The van der Waals surface area contributed by atoms with Crippen LogP contribution in [0.4, 0.5) is 11.5 Å². The number of anilines is 2. The molecule has 0 aliphatic carbocycles. The molecule has 1 amide bonds. The van der Waals surface area contributed by atoms with Crippen LogP contribution in [0.3, 0.4) is 0 Å². The van der Waals surface area contributed by atoms with Gasteiger partial charge in [-0.1, -0.05) is 15.9 Å². The molecule has 80 valence electrons. The minimum Gasteiger partial charge on any atom is -0.382 e. The Morgan fingerprint density at radius 2 is 2.47 bits per heavy atom. The Bertz CT molecular complexity index is 383. The van der Waals surface area contributed by atoms with Crippen molar-refractivity contribution in [2.45, 2.75) is 6.42 Å². The SMILES string of the molecule is Nc1ncccc1N1CC(CBr)CC1=O. The molecular weight excluding hydrogens is 258 g/mol. The summed E-state index contributed by atoms with van der Waals surface area (Å²) in [5.41, 5.74) is 6.46. The second-order valence-electron chi connectivity index (χ2n) is 3.64. The van der Waals surface area contributed by atoms with Crippen LogP contribution in [-0.4, -0.2) is 22.8 Å². The molecule has 1 aromatic heterocycles. The third kappa shape index (κ3) is 1.97. The molecule has 4 nitrogen and oxygen atoms in total. The number of alkyl halides is 1. The van der Waals surface area contributed by atoms with E-state index in [1.54, 1.807) is 17.2 Å². The van der Waals surface area contributed by atoms with Crippen LogP contribution >= 0.6 is 15.9 Å². The number of aromatic nitrogens is 1. The monoisotopic (exact) mass is 269 g/mol. The topological polar surface area (TPSA) is 59.2 Å². The van der Waals surface area contributed by atoms with Crippen LogP contribution in [0.25, 0.3) is 0 Å². The number of carbonyl (C=O) groups excluding carboxylic acids is 1. The van der Waals surface area contributed by atoms with Gasteiger partial charge in [0, 0.05) is 24.5 Å². The lowest BCUT2D eigenvalue weighted by Gasteiger charge is -2.17. The molecule has 5 heteroatoms. The molecule has 0 radical (unpaired) electrons. The highest BCUT2D eigenvalue weighted by Gasteiger charge is 2.30. The number of carbonyl (C=O) groups is 1. The molecule has 15 heavy (non-hydrogen) atoms. The zero-order valence-corrected chi connectivity index (χ0v) is 9.77. The molecule has 2 heterocycles. The minimum atomic E-state index is 0.124. The molecule has 1 unspecified atom stereocenters. The van der Waals surface area contributed by atoms with Gasteiger partial charge in [-0.05, 0) is 18.1 Å². The Kier molecular flexibility index (Phi) is 2.90. The maximum Gasteiger partial charge on any atom is 0.227 e. The van der Waals surface area contributed by atoms with Gasteiger partial charge in [0.25, 0.3) is 0 Å². The van der Waals surface area contributed by atoms with Gasteiger partial charge in [-0.25, -0.2) is 4.98 Å². The van der Waals surface area contributed by atoms with Crippen LogP contribution in [0, 0.1) is 5.92 Å². The first-order valence-electron chi connectivity index (χ1n) is 4.79. The van der Waals surface area contributed by atoms with Crippen molar-refractivity contribution in [1.82, 2.24) is 4.98 Å². The Morgan fingerprint density at radius 3 is 3.07 bits per heavy atom. The average Bonchev–Trinajstić information content (AvgIpc) is 2.60. The summed E-state index contributed by atoms with van der Waals surface area (Å²) in [7, 11) is 0. The van der Waals surface area contributed by atoms with Crippen LogP contribution in [-0.2, 0) is 4.79 Å². The highest BCUT2D eigenvalue weighted by molar-refractivity contribution is 9.09. The van der Waals surface area contributed by atoms with Crippen LogP contribution in [0.5, 0.6) is 0 Å². The first-order chi connectivity index (χ1) is 7.22. The summed E-state index contributed by atoms with van der Waals surface area (Å²) in [5.74, 6) is 0.914. The van der Waals surface area contributed by atoms with E-state index < -0.39 is 0 Å². The smallest absolute Gasteiger partial charge is 0.227 e. The maximum atomic E-state index is 11.7. The molecular formula is C10H12BrN3O. The number of nitrogens with two attached hydrogens (primary N) is 1. The second-order valence-corrected chi connectivity index (χ2v) is 4.28. The summed E-state index contributed by atoms with van der Waals surface area (Å²) in [6, 6.07) is 3.62. The Morgan fingerprint density at radius 1 is 1.67 bits per heavy atom. The van der Waals surface area contributed by atoms with Crippen molar-refractivity contribution in [1.29, 1.82) is 0 Å². The van der Waals surface area contributed by atoms with E-state index >= 15 is 0 Å². The quantitative estimate of drug-likeness (QED) is 0.826. The van der Waals surface area contributed by atoms with Gasteiger partial charge in [0.05, 0.1) is 5.69 Å². The molecule has 0 bridgehead atoms. The molecule has 1 aliphatic heterocycles. The number of pyridine rings is 1. The van der Waals surface area contributed by atoms with Crippen LogP contribution in [0.15, 0.2) is 18.3 Å². The van der Waals surface area contributed by atoms with Crippen molar-refractivity contribution in [2.24, 2.45) is 5.92 Å². The number of hydrogen-bond donors (Lipinski definition) is 1. The van der Waals surface area contributed by atoms with Crippen LogP contribution in [0.2, 0.25) is 0 Å². The normalized spacial score (nSPS) is 21.0. The molecule has 0 spiro atoms. The fourth-order valence-corrected chi connectivity index (χ4v) is 2.19. The predicted octanol–water partition coefficient (Wildman–Crippen LogP) is 1.41. The molecule has 1 aromatic rings. The van der Waals surface area contributed by atoms with Crippen LogP contribution in [0.1, 0.15) is 6.42 Å². The number of halogens is 1. The van der Waals surface area contributed by atoms with E-state index in [1.807, 2.05) is 6.07 Å². The summed E-state index contributed by atoms with van der Waals surface area (Å²) in [4.78, 5) is 17.4. The van der Waals surface area contributed by atoms with E-state index in [4.69, 9.17) is 5.73 Å². The standard InChI is InChI=1S/C10H12BrN3O/c11-5-7-4-9(15)14(6-7)8-2-1-3-13-10(8)12/h1-3,7H,4-6H2,(H2,12,13). The largest absolute Gasteiger partial charge is 0.382 e. The van der Waals surface area contributed by atoms with E-state index in [9.17, 15) is 4.79 Å². The molecule has 1 saturated heterocycles. The highest BCUT2D eigenvalue weighted by Crippen LogP contribution is 2.28. The summed E-state index contributed by atoms with van der Waals surface area (Å²) < 4.78 is 0. The van der Waals surface area contributed by atoms with Crippen molar-refractivity contribution >= 4 is 33.3 Å². The fourth-order valence-electron chi connectivity index (χ4n) is 1.76. The molecule has 1 aliphatic rings. The molecule has 1 atom stereocenters. The Balaban J connectivity index is 2.25.